The number of carbonyl (C=O) groups is 2. The molecule has 7 nitrogen and oxygen atoms in total. The number of anilines is 1. The normalized spacial score (nSPS) is 18.0. The van der Waals surface area contributed by atoms with Crippen LogP contribution in [0.2, 0.25) is 5.02 Å². The van der Waals surface area contributed by atoms with Gasteiger partial charge in [-0.2, -0.15) is 0 Å². The number of nitrogens with one attached hydrogen (secondary N) is 1. The summed E-state index contributed by atoms with van der Waals surface area (Å²) in [6.07, 6.45) is 1.93. The number of carboxylic acids is 1. The van der Waals surface area contributed by atoms with Crippen molar-refractivity contribution in [3.63, 3.8) is 0 Å². The van der Waals surface area contributed by atoms with E-state index in [1.807, 2.05) is 18.2 Å². The number of hydrogen-bond donors (Lipinski definition) is 2. The van der Waals surface area contributed by atoms with E-state index in [1.165, 1.54) is 4.90 Å². The first-order valence-corrected chi connectivity index (χ1v) is 12.9. The summed E-state index contributed by atoms with van der Waals surface area (Å²) in [7, 11) is -3.40. The number of halogens is 1. The lowest BCUT2D eigenvalue weighted by Gasteiger charge is -2.29. The first kappa shape index (κ1) is 23.8. The van der Waals surface area contributed by atoms with Gasteiger partial charge in [0.25, 0.3) is 5.91 Å². The smallest absolute Gasteiger partial charge is 0.326 e. The Morgan fingerprint density at radius 2 is 1.68 bits per heavy atom. The predicted molar refractivity (Wildman–Crippen MR) is 131 cm³/mol. The minimum atomic E-state index is -3.40. The number of sulfonamides is 1. The van der Waals surface area contributed by atoms with E-state index in [9.17, 15) is 23.1 Å². The van der Waals surface area contributed by atoms with Crippen LogP contribution in [0.5, 0.6) is 0 Å². The zero-order valence-corrected chi connectivity index (χ0v) is 19.9. The molecule has 1 heterocycles. The average Bonchev–Trinajstić information content (AvgIpc) is 3.23. The topological polar surface area (TPSA) is 104 Å². The second kappa shape index (κ2) is 9.48. The van der Waals surface area contributed by atoms with Gasteiger partial charge in [0, 0.05) is 16.3 Å². The van der Waals surface area contributed by atoms with Crippen LogP contribution >= 0.6 is 11.6 Å². The van der Waals surface area contributed by atoms with Crippen molar-refractivity contribution in [1.29, 1.82) is 0 Å². The van der Waals surface area contributed by atoms with Crippen LogP contribution in [-0.2, 0) is 14.8 Å². The highest BCUT2D eigenvalue weighted by Crippen LogP contribution is 2.40. The highest BCUT2D eigenvalue weighted by Gasteiger charge is 2.42. The fourth-order valence-corrected chi connectivity index (χ4v) is 5.13. The van der Waals surface area contributed by atoms with E-state index < -0.39 is 28.1 Å². The molecule has 1 saturated heterocycles. The molecule has 2 atom stereocenters. The zero-order chi connectivity index (χ0) is 24.5. The predicted octanol–water partition coefficient (Wildman–Crippen LogP) is 4.81. The van der Waals surface area contributed by atoms with Crippen LogP contribution in [0.1, 0.15) is 34.8 Å². The first-order chi connectivity index (χ1) is 16.1. The van der Waals surface area contributed by atoms with Crippen molar-refractivity contribution in [3.8, 4) is 11.1 Å². The molecule has 0 spiro atoms. The third-order valence-electron chi connectivity index (χ3n) is 5.80. The standard InChI is InChI=1S/C25H23ClN2O5S/c1-34(32,33)27-19-6-4-5-18(15-19)16-9-11-17(12-10-16)24(29)28-22(13-14-23(28)25(30)31)20-7-2-3-8-21(20)26/h2-12,15,22-23,27H,13-14H2,1H3,(H,30,31)/t22-,23+/m1/s1. The van der Waals surface area contributed by atoms with E-state index in [0.29, 0.717) is 29.1 Å². The van der Waals surface area contributed by atoms with Crippen molar-refractivity contribution >= 4 is 39.2 Å². The SMILES string of the molecule is CS(=O)(=O)Nc1cccc(-c2ccc(C(=O)N3[C@@H](c4ccccc4Cl)CC[C@H]3C(=O)O)cc2)c1. The lowest BCUT2D eigenvalue weighted by molar-refractivity contribution is -0.141. The van der Waals surface area contributed by atoms with E-state index in [-0.39, 0.29) is 5.91 Å². The number of carbonyl (C=O) groups excluding carboxylic acids is 1. The molecule has 3 aromatic carbocycles. The zero-order valence-electron chi connectivity index (χ0n) is 18.3. The van der Waals surface area contributed by atoms with Crippen LogP contribution in [0.4, 0.5) is 5.69 Å². The summed E-state index contributed by atoms with van der Waals surface area (Å²) in [6.45, 7) is 0. The lowest BCUT2D eigenvalue weighted by atomic mass is 10.0. The minimum Gasteiger partial charge on any atom is -0.480 e. The number of carboxylic acid groups (broad SMARTS) is 1. The largest absolute Gasteiger partial charge is 0.480 e. The fraction of sp³-hybridized carbons (Fsp3) is 0.200. The van der Waals surface area contributed by atoms with Gasteiger partial charge in [-0.3, -0.25) is 9.52 Å². The van der Waals surface area contributed by atoms with Crippen LogP contribution in [-0.4, -0.2) is 42.6 Å². The monoisotopic (exact) mass is 498 g/mol. The summed E-state index contributed by atoms with van der Waals surface area (Å²) >= 11 is 6.36. The van der Waals surface area contributed by atoms with Gasteiger partial charge in [-0.25, -0.2) is 13.2 Å². The Balaban J connectivity index is 1.63. The van der Waals surface area contributed by atoms with Crippen molar-refractivity contribution in [1.82, 2.24) is 4.90 Å². The maximum Gasteiger partial charge on any atom is 0.326 e. The lowest BCUT2D eigenvalue weighted by Crippen LogP contribution is -2.41. The number of likely N-dealkylation sites (tertiary alicyclic amines) is 1. The third-order valence-corrected chi connectivity index (χ3v) is 6.75. The second-order valence-electron chi connectivity index (χ2n) is 8.21. The molecule has 0 saturated carbocycles. The Kier molecular flexibility index (Phi) is 6.63. The Morgan fingerprint density at radius 3 is 2.32 bits per heavy atom. The van der Waals surface area contributed by atoms with Gasteiger partial charge in [0.05, 0.1) is 12.3 Å². The molecule has 0 aliphatic carbocycles. The van der Waals surface area contributed by atoms with Crippen LogP contribution in [0.15, 0.2) is 72.8 Å². The van der Waals surface area contributed by atoms with Gasteiger partial charge in [-0.05, 0) is 59.9 Å². The molecule has 1 amide bonds. The van der Waals surface area contributed by atoms with E-state index >= 15 is 0 Å². The van der Waals surface area contributed by atoms with E-state index in [2.05, 4.69) is 4.72 Å². The fourth-order valence-electron chi connectivity index (χ4n) is 4.32. The van der Waals surface area contributed by atoms with Crippen LogP contribution < -0.4 is 4.72 Å². The maximum absolute atomic E-state index is 13.5. The summed E-state index contributed by atoms with van der Waals surface area (Å²) < 4.78 is 25.5. The second-order valence-corrected chi connectivity index (χ2v) is 10.4. The highest BCUT2D eigenvalue weighted by molar-refractivity contribution is 7.92. The van der Waals surface area contributed by atoms with Gasteiger partial charge in [-0.1, -0.05) is 54.1 Å². The Morgan fingerprint density at radius 1 is 0.971 bits per heavy atom. The molecular formula is C25H23ClN2O5S. The number of amides is 1. The van der Waals surface area contributed by atoms with Gasteiger partial charge in [0.2, 0.25) is 10.0 Å². The van der Waals surface area contributed by atoms with Gasteiger partial charge in [0.15, 0.2) is 0 Å². The van der Waals surface area contributed by atoms with Gasteiger partial charge >= 0.3 is 5.97 Å². The highest BCUT2D eigenvalue weighted by atomic mass is 35.5. The molecule has 0 unspecified atom stereocenters. The Labute approximate surface area is 203 Å². The molecule has 0 aromatic heterocycles. The van der Waals surface area contributed by atoms with E-state index in [4.69, 9.17) is 11.6 Å². The molecule has 9 heteroatoms. The number of rotatable bonds is 6. The van der Waals surface area contributed by atoms with Gasteiger partial charge in [0.1, 0.15) is 6.04 Å². The molecule has 0 bridgehead atoms. The number of hydrogen-bond acceptors (Lipinski definition) is 4. The van der Waals surface area contributed by atoms with Crippen molar-refractivity contribution in [2.75, 3.05) is 11.0 Å². The molecule has 1 aliphatic heterocycles. The molecule has 3 aromatic rings. The van der Waals surface area contributed by atoms with Crippen molar-refractivity contribution < 1.29 is 23.1 Å². The Bertz CT molecular complexity index is 1340. The van der Waals surface area contributed by atoms with Crippen molar-refractivity contribution in [3.05, 3.63) is 88.9 Å². The maximum atomic E-state index is 13.5. The summed E-state index contributed by atoms with van der Waals surface area (Å²) in [4.78, 5) is 26.8. The van der Waals surface area contributed by atoms with Gasteiger partial charge in [-0.15, -0.1) is 0 Å². The summed E-state index contributed by atoms with van der Waals surface area (Å²) in [6, 6.07) is 19.5. The summed E-state index contributed by atoms with van der Waals surface area (Å²) in [5.74, 6) is -1.43. The van der Waals surface area contributed by atoms with Crippen LogP contribution in [0, 0.1) is 0 Å². The molecule has 34 heavy (non-hydrogen) atoms. The molecule has 1 fully saturated rings. The number of aliphatic carboxylic acids is 1. The first-order valence-electron chi connectivity index (χ1n) is 10.6. The molecular weight excluding hydrogens is 476 g/mol. The van der Waals surface area contributed by atoms with Crippen molar-refractivity contribution in [2.24, 2.45) is 0 Å². The average molecular weight is 499 g/mol. The van der Waals surface area contributed by atoms with Crippen molar-refractivity contribution in [2.45, 2.75) is 24.9 Å². The van der Waals surface area contributed by atoms with E-state index in [0.717, 1.165) is 22.9 Å². The number of benzene rings is 3. The number of nitrogens with zero attached hydrogens (tertiary/aromatic N) is 1. The van der Waals surface area contributed by atoms with Gasteiger partial charge < -0.3 is 10.0 Å². The van der Waals surface area contributed by atoms with Crippen LogP contribution in [0.3, 0.4) is 0 Å². The molecule has 2 N–H and O–H groups in total. The molecule has 176 valence electrons. The summed E-state index contributed by atoms with van der Waals surface area (Å²) in [5, 5.41) is 10.2. The summed E-state index contributed by atoms with van der Waals surface area (Å²) in [5.41, 5.74) is 3.08. The van der Waals surface area contributed by atoms with Crippen LogP contribution in [0.25, 0.3) is 11.1 Å². The van der Waals surface area contributed by atoms with E-state index in [1.54, 1.807) is 54.6 Å². The third kappa shape index (κ3) is 5.08. The molecule has 1 aliphatic rings. The quantitative estimate of drug-likeness (QED) is 0.507. The Hall–Kier alpha value is -3.36. The molecule has 0 radical (unpaired) electrons. The minimum absolute atomic E-state index is 0.342. The molecule has 4 rings (SSSR count).